The van der Waals surface area contributed by atoms with Gasteiger partial charge >= 0.3 is 0 Å². The van der Waals surface area contributed by atoms with Gasteiger partial charge in [-0.1, -0.05) is 30.3 Å². The Labute approximate surface area is 158 Å². The number of aliphatic hydroxyl groups excluding tert-OH is 1. The zero-order valence-corrected chi connectivity index (χ0v) is 15.5. The maximum Gasteiger partial charge on any atom is 0.162 e. The number of aromatic nitrogens is 2. The second kappa shape index (κ2) is 7.40. The van der Waals surface area contributed by atoms with E-state index in [1.807, 2.05) is 30.3 Å². The molecule has 1 saturated heterocycles. The highest BCUT2D eigenvalue weighted by Crippen LogP contribution is 2.37. The Morgan fingerprint density at radius 2 is 1.74 bits per heavy atom. The molecule has 0 amide bonds. The first kappa shape index (κ1) is 17.5. The first-order chi connectivity index (χ1) is 13.2. The summed E-state index contributed by atoms with van der Waals surface area (Å²) in [6.45, 7) is 1.34. The van der Waals surface area contributed by atoms with Crippen molar-refractivity contribution in [1.82, 2.24) is 9.97 Å². The predicted molar refractivity (Wildman–Crippen MR) is 105 cm³/mol. The summed E-state index contributed by atoms with van der Waals surface area (Å²) >= 11 is 0. The fourth-order valence-electron chi connectivity index (χ4n) is 3.83. The first-order valence-electron chi connectivity index (χ1n) is 9.04. The first-order valence-corrected chi connectivity index (χ1v) is 9.04. The maximum atomic E-state index is 10.5. The molecule has 0 spiro atoms. The number of β-amino-alcohol motifs (C(OH)–C–C–N with tert-alkyl or cyclic N) is 1. The van der Waals surface area contributed by atoms with E-state index in [0.717, 1.165) is 29.7 Å². The third kappa shape index (κ3) is 3.40. The fourth-order valence-corrected chi connectivity index (χ4v) is 3.83. The number of hydrogen-bond acceptors (Lipinski definition) is 6. The normalized spacial score (nSPS) is 19.9. The molecule has 0 saturated carbocycles. The van der Waals surface area contributed by atoms with Gasteiger partial charge in [0, 0.05) is 30.5 Å². The van der Waals surface area contributed by atoms with Crippen LogP contribution in [0.1, 0.15) is 17.9 Å². The van der Waals surface area contributed by atoms with Crippen LogP contribution in [0, 0.1) is 0 Å². The van der Waals surface area contributed by atoms with Crippen LogP contribution in [0.5, 0.6) is 11.5 Å². The Bertz CT molecular complexity index is 933. The van der Waals surface area contributed by atoms with Crippen molar-refractivity contribution in [2.45, 2.75) is 18.4 Å². The van der Waals surface area contributed by atoms with Gasteiger partial charge in [0.25, 0.3) is 0 Å². The highest BCUT2D eigenvalue weighted by Gasteiger charge is 2.29. The van der Waals surface area contributed by atoms with Crippen LogP contribution in [0.25, 0.3) is 10.9 Å². The topological polar surface area (TPSA) is 67.7 Å². The summed E-state index contributed by atoms with van der Waals surface area (Å²) in [6, 6.07) is 14.1. The number of hydrogen-bond donors (Lipinski definition) is 1. The fraction of sp³-hybridized carbons (Fsp3) is 0.333. The minimum atomic E-state index is -0.408. The molecule has 2 unspecified atom stereocenters. The Balaban J connectivity index is 1.74. The molecular weight excluding hydrogens is 342 g/mol. The zero-order valence-electron chi connectivity index (χ0n) is 15.5. The number of fused-ring (bicyclic) bond motifs is 1. The van der Waals surface area contributed by atoms with Crippen molar-refractivity contribution >= 4 is 16.7 Å². The van der Waals surface area contributed by atoms with Crippen LogP contribution in [-0.2, 0) is 0 Å². The van der Waals surface area contributed by atoms with Gasteiger partial charge < -0.3 is 19.5 Å². The summed E-state index contributed by atoms with van der Waals surface area (Å²) in [7, 11) is 3.22. The van der Waals surface area contributed by atoms with Crippen LogP contribution in [0.4, 0.5) is 5.82 Å². The molecule has 3 aromatic rings. The monoisotopic (exact) mass is 365 g/mol. The van der Waals surface area contributed by atoms with Crippen molar-refractivity contribution in [3.8, 4) is 11.5 Å². The van der Waals surface area contributed by atoms with Gasteiger partial charge in [-0.15, -0.1) is 0 Å². The second-order valence-electron chi connectivity index (χ2n) is 6.82. The molecule has 6 nitrogen and oxygen atoms in total. The van der Waals surface area contributed by atoms with E-state index in [9.17, 15) is 5.11 Å². The Morgan fingerprint density at radius 1 is 1.00 bits per heavy atom. The molecule has 2 aromatic carbocycles. The lowest BCUT2D eigenvalue weighted by atomic mass is 9.89. The largest absolute Gasteiger partial charge is 0.493 e. The quantitative estimate of drug-likeness (QED) is 0.767. The zero-order chi connectivity index (χ0) is 18.8. The minimum Gasteiger partial charge on any atom is -0.493 e. The maximum absolute atomic E-state index is 10.5. The molecule has 1 fully saturated rings. The predicted octanol–water partition coefficient (Wildman–Crippen LogP) is 3.00. The van der Waals surface area contributed by atoms with Crippen molar-refractivity contribution in [2.75, 3.05) is 32.2 Å². The summed E-state index contributed by atoms with van der Waals surface area (Å²) in [5.74, 6) is 2.33. The Morgan fingerprint density at radius 3 is 2.48 bits per heavy atom. The molecule has 140 valence electrons. The molecule has 0 radical (unpaired) electrons. The van der Waals surface area contributed by atoms with E-state index in [1.165, 1.54) is 5.56 Å². The van der Waals surface area contributed by atoms with E-state index in [0.29, 0.717) is 18.0 Å². The highest BCUT2D eigenvalue weighted by atomic mass is 16.5. The lowest BCUT2D eigenvalue weighted by molar-refractivity contribution is 0.144. The molecule has 0 bridgehead atoms. The molecule has 1 N–H and O–H groups in total. The van der Waals surface area contributed by atoms with E-state index in [-0.39, 0.29) is 5.92 Å². The number of methoxy groups -OCH3 is 2. The average molecular weight is 365 g/mol. The van der Waals surface area contributed by atoms with Gasteiger partial charge in [-0.2, -0.15) is 0 Å². The summed E-state index contributed by atoms with van der Waals surface area (Å²) in [5, 5.41) is 11.4. The summed E-state index contributed by atoms with van der Waals surface area (Å²) in [5.41, 5.74) is 2.02. The Kier molecular flexibility index (Phi) is 4.81. The van der Waals surface area contributed by atoms with Crippen molar-refractivity contribution in [2.24, 2.45) is 0 Å². The van der Waals surface area contributed by atoms with Gasteiger partial charge in [-0.3, -0.25) is 0 Å². The SMILES string of the molecule is COc1cc2ncnc(N3CC(O)CC(c4ccccc4)C3)c2cc1OC. The van der Waals surface area contributed by atoms with E-state index in [2.05, 4.69) is 27.0 Å². The number of benzene rings is 2. The van der Waals surface area contributed by atoms with Crippen LogP contribution in [0.15, 0.2) is 48.8 Å². The molecule has 1 aliphatic rings. The van der Waals surface area contributed by atoms with Gasteiger partial charge in [-0.25, -0.2) is 9.97 Å². The van der Waals surface area contributed by atoms with Crippen molar-refractivity contribution in [1.29, 1.82) is 0 Å². The summed E-state index contributed by atoms with van der Waals surface area (Å²) in [4.78, 5) is 11.1. The molecule has 4 rings (SSSR count). The van der Waals surface area contributed by atoms with Crippen LogP contribution in [0.3, 0.4) is 0 Å². The van der Waals surface area contributed by atoms with Gasteiger partial charge in [-0.05, 0) is 18.1 Å². The van der Waals surface area contributed by atoms with E-state index in [1.54, 1.807) is 20.5 Å². The molecular formula is C21H23N3O3. The van der Waals surface area contributed by atoms with E-state index in [4.69, 9.17) is 9.47 Å². The third-order valence-corrected chi connectivity index (χ3v) is 5.12. The lowest BCUT2D eigenvalue weighted by Crippen LogP contribution is -2.42. The lowest BCUT2D eigenvalue weighted by Gasteiger charge is -2.37. The minimum absolute atomic E-state index is 0.250. The van der Waals surface area contributed by atoms with Crippen molar-refractivity contribution < 1.29 is 14.6 Å². The van der Waals surface area contributed by atoms with Crippen LogP contribution < -0.4 is 14.4 Å². The Hall–Kier alpha value is -2.86. The number of aliphatic hydroxyl groups is 1. The van der Waals surface area contributed by atoms with Crippen molar-refractivity contribution in [3.05, 3.63) is 54.4 Å². The summed E-state index contributed by atoms with van der Waals surface area (Å²) in [6.07, 6.45) is 1.90. The molecule has 2 atom stereocenters. The molecule has 1 aromatic heterocycles. The standard InChI is InChI=1S/C21H23N3O3/c1-26-19-9-17-18(10-20(19)27-2)22-13-23-21(17)24-11-15(8-16(25)12-24)14-6-4-3-5-7-14/h3-7,9-10,13,15-16,25H,8,11-12H2,1-2H3. The van der Waals surface area contributed by atoms with Crippen LogP contribution in [-0.4, -0.2) is 48.5 Å². The van der Waals surface area contributed by atoms with Gasteiger partial charge in [0.2, 0.25) is 0 Å². The van der Waals surface area contributed by atoms with Gasteiger partial charge in [0.15, 0.2) is 11.5 Å². The van der Waals surface area contributed by atoms with Crippen molar-refractivity contribution in [3.63, 3.8) is 0 Å². The van der Waals surface area contributed by atoms with Crippen LogP contribution in [0.2, 0.25) is 0 Å². The molecule has 2 heterocycles. The van der Waals surface area contributed by atoms with Gasteiger partial charge in [0.05, 0.1) is 25.8 Å². The number of piperidine rings is 1. The molecule has 27 heavy (non-hydrogen) atoms. The van der Waals surface area contributed by atoms with E-state index >= 15 is 0 Å². The molecule has 1 aliphatic heterocycles. The number of nitrogens with zero attached hydrogens (tertiary/aromatic N) is 3. The number of anilines is 1. The summed E-state index contributed by atoms with van der Waals surface area (Å²) < 4.78 is 10.8. The van der Waals surface area contributed by atoms with Crippen LogP contribution >= 0.6 is 0 Å². The molecule has 0 aliphatic carbocycles. The second-order valence-corrected chi connectivity index (χ2v) is 6.82. The van der Waals surface area contributed by atoms with E-state index < -0.39 is 6.10 Å². The smallest absolute Gasteiger partial charge is 0.162 e. The highest BCUT2D eigenvalue weighted by molar-refractivity contribution is 5.92. The number of ether oxygens (including phenoxy) is 2. The number of rotatable bonds is 4. The molecule has 6 heteroatoms. The third-order valence-electron chi connectivity index (χ3n) is 5.12. The van der Waals surface area contributed by atoms with Gasteiger partial charge in [0.1, 0.15) is 12.1 Å². The average Bonchev–Trinajstić information content (AvgIpc) is 2.72.